The van der Waals surface area contributed by atoms with E-state index in [4.69, 9.17) is 4.74 Å². The van der Waals surface area contributed by atoms with Crippen molar-refractivity contribution in [2.45, 2.75) is 19.9 Å². The van der Waals surface area contributed by atoms with E-state index in [1.165, 1.54) is 4.90 Å². The van der Waals surface area contributed by atoms with Crippen molar-refractivity contribution in [1.82, 2.24) is 9.88 Å². The summed E-state index contributed by atoms with van der Waals surface area (Å²) in [6, 6.07) is 17.7. The number of ether oxygens (including phenoxy) is 1. The molecule has 0 aliphatic rings. The summed E-state index contributed by atoms with van der Waals surface area (Å²) in [7, 11) is 1.69. The lowest BCUT2D eigenvalue weighted by Gasteiger charge is -2.20. The second-order valence-corrected chi connectivity index (χ2v) is 6.69. The number of benzene rings is 2. The first kappa shape index (κ1) is 19.2. The summed E-state index contributed by atoms with van der Waals surface area (Å²) < 4.78 is 7.39. The monoisotopic (exact) mass is 377 g/mol. The van der Waals surface area contributed by atoms with E-state index in [0.29, 0.717) is 17.0 Å². The van der Waals surface area contributed by atoms with Gasteiger partial charge in [-0.05, 0) is 68.4 Å². The maximum Gasteiger partial charge on any atom is 0.343 e. The van der Waals surface area contributed by atoms with Crippen LogP contribution in [0, 0.1) is 0 Å². The Kier molecular flexibility index (Phi) is 5.79. The van der Waals surface area contributed by atoms with Crippen molar-refractivity contribution in [3.8, 4) is 11.4 Å². The summed E-state index contributed by atoms with van der Waals surface area (Å²) in [6.45, 7) is 3.80. The van der Waals surface area contributed by atoms with Crippen LogP contribution in [-0.4, -0.2) is 29.7 Å². The van der Waals surface area contributed by atoms with Gasteiger partial charge in [0, 0.05) is 36.9 Å². The lowest BCUT2D eigenvalue weighted by atomic mass is 10.2. The maximum absolute atomic E-state index is 12.5. The Bertz CT molecular complexity index is 947. The van der Waals surface area contributed by atoms with Gasteiger partial charge in [-0.3, -0.25) is 4.90 Å². The van der Waals surface area contributed by atoms with E-state index >= 15 is 0 Å². The minimum Gasteiger partial charge on any atom is -0.423 e. The fourth-order valence-corrected chi connectivity index (χ4v) is 2.66. The lowest BCUT2D eigenvalue weighted by Crippen LogP contribution is -2.40. The molecule has 2 amide bonds. The molecule has 0 saturated carbocycles. The first-order valence-corrected chi connectivity index (χ1v) is 9.04. The van der Waals surface area contributed by atoms with E-state index in [9.17, 15) is 9.59 Å². The number of rotatable bonds is 5. The Labute approximate surface area is 164 Å². The highest BCUT2D eigenvalue weighted by molar-refractivity contribution is 5.93. The molecule has 1 heterocycles. The number of carbonyl (C=O) groups excluding carboxylic acids is 2. The van der Waals surface area contributed by atoms with Gasteiger partial charge in [0.05, 0.1) is 5.56 Å². The summed E-state index contributed by atoms with van der Waals surface area (Å²) >= 11 is 0. The summed E-state index contributed by atoms with van der Waals surface area (Å²) in [5, 5.41) is 2.83. The van der Waals surface area contributed by atoms with E-state index in [2.05, 4.69) is 5.32 Å². The van der Waals surface area contributed by atoms with Crippen molar-refractivity contribution in [2.24, 2.45) is 0 Å². The molecule has 0 atom stereocenters. The van der Waals surface area contributed by atoms with Gasteiger partial charge in [-0.2, -0.15) is 0 Å². The minimum absolute atomic E-state index is 0.0532. The molecule has 0 unspecified atom stereocenters. The molecule has 0 spiro atoms. The number of hydrogen-bond donors (Lipinski definition) is 1. The number of urea groups is 1. The molecule has 0 fully saturated rings. The lowest BCUT2D eigenvalue weighted by molar-refractivity contribution is 0.0734. The largest absolute Gasteiger partial charge is 0.423 e. The summed E-state index contributed by atoms with van der Waals surface area (Å²) in [5.74, 6) is -0.0227. The molecule has 6 nitrogen and oxygen atoms in total. The van der Waals surface area contributed by atoms with Crippen LogP contribution in [0.1, 0.15) is 24.2 Å². The molecule has 28 heavy (non-hydrogen) atoms. The Morgan fingerprint density at radius 2 is 1.68 bits per heavy atom. The van der Waals surface area contributed by atoms with Gasteiger partial charge in [0.1, 0.15) is 5.75 Å². The van der Waals surface area contributed by atoms with Gasteiger partial charge in [0.25, 0.3) is 0 Å². The topological polar surface area (TPSA) is 63.6 Å². The number of nitrogens with zero attached hydrogens (tertiary/aromatic N) is 2. The van der Waals surface area contributed by atoms with Crippen molar-refractivity contribution >= 4 is 17.7 Å². The highest BCUT2D eigenvalue weighted by atomic mass is 16.5. The molecular weight excluding hydrogens is 354 g/mol. The summed E-state index contributed by atoms with van der Waals surface area (Å²) in [4.78, 5) is 26.0. The number of hydrogen-bond acceptors (Lipinski definition) is 3. The molecule has 144 valence electrons. The van der Waals surface area contributed by atoms with Crippen LogP contribution in [0.4, 0.5) is 10.5 Å². The average molecular weight is 377 g/mol. The van der Waals surface area contributed by atoms with Crippen molar-refractivity contribution in [3.05, 3.63) is 78.6 Å². The standard InChI is InChI=1S/C22H23N3O3/c1-16(2)23-22(27)24(3)18-9-11-20(12-10-18)28-21(26)17-7-6-8-19(15-17)25-13-4-5-14-25/h4-16H,1-3H3,(H,23,27). The van der Waals surface area contributed by atoms with E-state index in [-0.39, 0.29) is 12.1 Å². The maximum atomic E-state index is 12.5. The zero-order valence-electron chi connectivity index (χ0n) is 16.1. The minimum atomic E-state index is -0.437. The van der Waals surface area contributed by atoms with Crippen LogP contribution in [0.3, 0.4) is 0 Å². The van der Waals surface area contributed by atoms with Gasteiger partial charge < -0.3 is 14.6 Å². The highest BCUT2D eigenvalue weighted by Crippen LogP contribution is 2.20. The van der Waals surface area contributed by atoms with Crippen molar-refractivity contribution < 1.29 is 14.3 Å². The third-order valence-electron chi connectivity index (χ3n) is 4.14. The SMILES string of the molecule is CC(C)NC(=O)N(C)c1ccc(OC(=O)c2cccc(-n3cccc3)c2)cc1. The van der Waals surface area contributed by atoms with E-state index < -0.39 is 5.97 Å². The van der Waals surface area contributed by atoms with Gasteiger partial charge in [-0.1, -0.05) is 6.07 Å². The molecule has 1 N–H and O–H groups in total. The zero-order valence-corrected chi connectivity index (χ0v) is 16.1. The van der Waals surface area contributed by atoms with Gasteiger partial charge in [0.15, 0.2) is 0 Å². The molecule has 3 rings (SSSR count). The van der Waals surface area contributed by atoms with Crippen LogP contribution in [0.2, 0.25) is 0 Å². The average Bonchev–Trinajstić information content (AvgIpc) is 3.22. The molecular formula is C22H23N3O3. The van der Waals surface area contributed by atoms with Crippen molar-refractivity contribution in [3.63, 3.8) is 0 Å². The number of amides is 2. The third-order valence-corrected chi connectivity index (χ3v) is 4.14. The number of carbonyl (C=O) groups is 2. The third kappa shape index (κ3) is 4.59. The van der Waals surface area contributed by atoms with Crippen LogP contribution in [-0.2, 0) is 0 Å². The van der Waals surface area contributed by atoms with Crippen LogP contribution in [0.25, 0.3) is 5.69 Å². The number of aromatic nitrogens is 1. The number of esters is 1. The first-order valence-electron chi connectivity index (χ1n) is 9.04. The Hall–Kier alpha value is -3.54. The van der Waals surface area contributed by atoms with Crippen LogP contribution in [0.5, 0.6) is 5.75 Å². The summed E-state index contributed by atoms with van der Waals surface area (Å²) in [5.41, 5.74) is 2.05. The van der Waals surface area contributed by atoms with Gasteiger partial charge in [-0.15, -0.1) is 0 Å². The van der Waals surface area contributed by atoms with Crippen LogP contribution < -0.4 is 15.0 Å². The van der Waals surface area contributed by atoms with Gasteiger partial charge in [0.2, 0.25) is 0 Å². The summed E-state index contributed by atoms with van der Waals surface area (Å²) in [6.07, 6.45) is 3.82. The van der Waals surface area contributed by atoms with Crippen LogP contribution >= 0.6 is 0 Å². The molecule has 6 heteroatoms. The molecule has 0 aliphatic carbocycles. The Morgan fingerprint density at radius 3 is 2.32 bits per heavy atom. The second kappa shape index (κ2) is 8.43. The van der Waals surface area contributed by atoms with E-state index in [1.807, 2.05) is 55.1 Å². The predicted molar refractivity (Wildman–Crippen MR) is 109 cm³/mol. The highest BCUT2D eigenvalue weighted by Gasteiger charge is 2.13. The van der Waals surface area contributed by atoms with Crippen LogP contribution in [0.15, 0.2) is 73.1 Å². The van der Waals surface area contributed by atoms with Gasteiger partial charge in [-0.25, -0.2) is 9.59 Å². The van der Waals surface area contributed by atoms with Gasteiger partial charge >= 0.3 is 12.0 Å². The molecule has 2 aromatic carbocycles. The molecule has 1 aromatic heterocycles. The molecule has 3 aromatic rings. The van der Waals surface area contributed by atoms with Crippen molar-refractivity contribution in [1.29, 1.82) is 0 Å². The molecule has 0 aliphatic heterocycles. The quantitative estimate of drug-likeness (QED) is 0.534. The first-order chi connectivity index (χ1) is 13.4. The van der Waals surface area contributed by atoms with E-state index in [1.54, 1.807) is 43.4 Å². The number of nitrogens with one attached hydrogen (secondary N) is 1. The smallest absolute Gasteiger partial charge is 0.343 e. The number of anilines is 1. The second-order valence-electron chi connectivity index (χ2n) is 6.69. The molecule has 0 radical (unpaired) electrons. The zero-order chi connectivity index (χ0) is 20.1. The Balaban J connectivity index is 1.68. The normalized spacial score (nSPS) is 10.6. The van der Waals surface area contributed by atoms with E-state index in [0.717, 1.165) is 5.69 Å². The fraction of sp³-hybridized carbons (Fsp3) is 0.182. The predicted octanol–water partition coefficient (Wildman–Crippen LogP) is 4.25. The molecule has 0 saturated heterocycles. The molecule has 0 bridgehead atoms. The van der Waals surface area contributed by atoms with Crippen molar-refractivity contribution in [2.75, 3.05) is 11.9 Å². The fourth-order valence-electron chi connectivity index (χ4n) is 2.66. The Morgan fingerprint density at radius 1 is 1.00 bits per heavy atom.